The average molecular weight is 601 g/mol. The first-order chi connectivity index (χ1) is 21.2. The third-order valence-electron chi connectivity index (χ3n) is 9.57. The first kappa shape index (κ1) is 31.9. The van der Waals surface area contributed by atoms with Gasteiger partial charge in [-0.15, -0.1) is 0 Å². The van der Waals surface area contributed by atoms with Gasteiger partial charge < -0.3 is 25.2 Å². The average Bonchev–Trinajstić information content (AvgIpc) is 3.57. The summed E-state index contributed by atoms with van der Waals surface area (Å²) in [5.74, 6) is 1.15. The fraction of sp³-hybridized carbons (Fsp3) is 0.514. The van der Waals surface area contributed by atoms with E-state index in [9.17, 15) is 14.7 Å². The first-order valence-electron chi connectivity index (χ1n) is 16.2. The van der Waals surface area contributed by atoms with Crippen molar-refractivity contribution in [3.63, 3.8) is 0 Å². The van der Waals surface area contributed by atoms with Crippen LogP contribution in [0.5, 0.6) is 0 Å². The summed E-state index contributed by atoms with van der Waals surface area (Å²) < 4.78 is 0. The molecule has 4 N–H and O–H groups in total. The van der Waals surface area contributed by atoms with Gasteiger partial charge in [0.05, 0.1) is 0 Å². The minimum atomic E-state index is -1.05. The Labute approximate surface area is 261 Å². The van der Waals surface area contributed by atoms with Crippen LogP contribution in [0.3, 0.4) is 0 Å². The van der Waals surface area contributed by atoms with Gasteiger partial charge in [-0.3, -0.25) is 14.9 Å². The van der Waals surface area contributed by atoms with Crippen LogP contribution in [0.15, 0.2) is 41.3 Å². The van der Waals surface area contributed by atoms with Crippen LogP contribution >= 0.6 is 0 Å². The lowest BCUT2D eigenvalue weighted by molar-refractivity contribution is -0.122. The molecule has 0 bridgehead atoms. The maximum absolute atomic E-state index is 13.7. The molecule has 1 saturated heterocycles. The van der Waals surface area contributed by atoms with Gasteiger partial charge in [-0.05, 0) is 107 Å². The predicted molar refractivity (Wildman–Crippen MR) is 177 cm³/mol. The molecule has 2 aromatic heterocycles. The molecule has 2 aliphatic rings. The number of aryl methyl sites for hydroxylation is 2. The van der Waals surface area contributed by atoms with Gasteiger partial charge in [0.15, 0.2) is 0 Å². The van der Waals surface area contributed by atoms with Crippen molar-refractivity contribution in [2.75, 3.05) is 36.5 Å². The molecule has 1 saturated carbocycles. The summed E-state index contributed by atoms with van der Waals surface area (Å²) in [6, 6.07) is 10.7. The van der Waals surface area contributed by atoms with Crippen LogP contribution in [-0.2, 0) is 11.3 Å². The van der Waals surface area contributed by atoms with Gasteiger partial charge in [-0.25, -0.2) is 4.98 Å². The molecular weight excluding hydrogens is 552 g/mol. The number of piperidine rings is 1. The van der Waals surface area contributed by atoms with E-state index in [1.807, 2.05) is 58.0 Å². The molecule has 9 nitrogen and oxygen atoms in total. The lowest BCUT2D eigenvalue weighted by atomic mass is 9.96. The summed E-state index contributed by atoms with van der Waals surface area (Å²) in [5.41, 5.74) is 6.24. The number of amides is 1. The normalized spacial score (nSPS) is 16.8. The highest BCUT2D eigenvalue weighted by Gasteiger charge is 2.29. The molecule has 1 aliphatic heterocycles. The van der Waals surface area contributed by atoms with E-state index < -0.39 is 6.23 Å². The van der Waals surface area contributed by atoms with Crippen molar-refractivity contribution in [2.45, 2.75) is 85.0 Å². The lowest BCUT2D eigenvalue weighted by Crippen LogP contribution is -2.41. The molecule has 5 rings (SSSR count). The van der Waals surface area contributed by atoms with Crippen LogP contribution in [0.2, 0.25) is 0 Å². The molecule has 2 fully saturated rings. The maximum atomic E-state index is 13.7. The highest BCUT2D eigenvalue weighted by atomic mass is 16.3. The van der Waals surface area contributed by atoms with Crippen LogP contribution in [0, 0.1) is 26.7 Å². The van der Waals surface area contributed by atoms with E-state index in [0.29, 0.717) is 23.7 Å². The highest BCUT2D eigenvalue weighted by Crippen LogP contribution is 2.36. The number of aliphatic hydroxyl groups excluding tert-OH is 1. The Morgan fingerprint density at radius 2 is 1.82 bits per heavy atom. The van der Waals surface area contributed by atoms with E-state index in [1.54, 1.807) is 0 Å². The summed E-state index contributed by atoms with van der Waals surface area (Å²) in [6.07, 6.45) is 7.04. The fourth-order valence-corrected chi connectivity index (χ4v) is 6.84. The SMILES string of the molecule is CCN(C(=O)C1CCCC1)c1cc(-c2ccc(N3CCC(NC)CC3)nc2)cc(C(O)NCc2c(C)cc(C)[nH]c2=O)c1C. The number of benzene rings is 1. The summed E-state index contributed by atoms with van der Waals surface area (Å²) in [5, 5.41) is 18.0. The summed E-state index contributed by atoms with van der Waals surface area (Å²) in [6.45, 7) is 10.4. The molecular formula is C35H48N6O3. The molecule has 236 valence electrons. The van der Waals surface area contributed by atoms with Gasteiger partial charge in [0.25, 0.3) is 5.56 Å². The van der Waals surface area contributed by atoms with Crippen LogP contribution < -0.4 is 26.0 Å². The molecule has 0 spiro atoms. The number of carbonyl (C=O) groups excluding carboxylic acids is 1. The van der Waals surface area contributed by atoms with Gasteiger partial charge in [0, 0.05) is 72.4 Å². The number of nitrogens with one attached hydrogen (secondary N) is 3. The van der Waals surface area contributed by atoms with Gasteiger partial charge in [0.2, 0.25) is 5.91 Å². The number of H-pyrrole nitrogens is 1. The summed E-state index contributed by atoms with van der Waals surface area (Å²) >= 11 is 0. The van der Waals surface area contributed by atoms with Crippen molar-refractivity contribution in [3.8, 4) is 11.1 Å². The van der Waals surface area contributed by atoms with Crippen LogP contribution in [0.1, 0.15) is 79.6 Å². The maximum Gasteiger partial charge on any atom is 0.252 e. The number of aliphatic hydroxyl groups is 1. The van der Waals surface area contributed by atoms with Crippen molar-refractivity contribution < 1.29 is 9.90 Å². The van der Waals surface area contributed by atoms with E-state index in [1.165, 1.54) is 0 Å². The Morgan fingerprint density at radius 1 is 1.09 bits per heavy atom. The van der Waals surface area contributed by atoms with E-state index >= 15 is 0 Å². The molecule has 1 unspecified atom stereocenters. The van der Waals surface area contributed by atoms with E-state index in [0.717, 1.165) is 91.1 Å². The van der Waals surface area contributed by atoms with Crippen LogP contribution in [0.25, 0.3) is 11.1 Å². The van der Waals surface area contributed by atoms with Gasteiger partial charge in [-0.2, -0.15) is 0 Å². The number of aromatic amines is 1. The Hall–Kier alpha value is -3.53. The Kier molecular flexibility index (Phi) is 10.2. The minimum absolute atomic E-state index is 0.0359. The largest absolute Gasteiger partial charge is 0.374 e. The van der Waals surface area contributed by atoms with Crippen molar-refractivity contribution in [3.05, 3.63) is 74.8 Å². The second-order valence-corrected chi connectivity index (χ2v) is 12.5. The Morgan fingerprint density at radius 3 is 2.43 bits per heavy atom. The molecule has 1 aliphatic carbocycles. The highest BCUT2D eigenvalue weighted by molar-refractivity contribution is 5.97. The third-order valence-corrected chi connectivity index (χ3v) is 9.57. The van der Waals surface area contributed by atoms with Crippen molar-refractivity contribution in [1.82, 2.24) is 20.6 Å². The standard InChI is InChI=1S/C35H48N6O3/c1-6-41(35(44)25-9-7-8-10-25)31-19-27(26-11-12-32(37-20-26)40-15-13-28(36-5)14-16-40)18-29(24(31)4)33(42)38-21-30-22(2)17-23(3)39-34(30)43/h11-12,17-20,25,28,33,36,38,42H,6-10,13-16,21H2,1-5H3,(H,39,43). The number of pyridine rings is 2. The minimum Gasteiger partial charge on any atom is -0.374 e. The molecule has 1 atom stereocenters. The molecule has 44 heavy (non-hydrogen) atoms. The zero-order valence-electron chi connectivity index (χ0n) is 26.9. The molecule has 3 heterocycles. The number of anilines is 2. The topological polar surface area (TPSA) is 114 Å². The molecule has 9 heteroatoms. The van der Waals surface area contributed by atoms with Gasteiger partial charge in [0.1, 0.15) is 12.0 Å². The Balaban J connectivity index is 1.47. The quantitative estimate of drug-likeness (QED) is 0.246. The van der Waals surface area contributed by atoms with Crippen LogP contribution in [-0.4, -0.2) is 53.7 Å². The summed E-state index contributed by atoms with van der Waals surface area (Å²) in [4.78, 5) is 38.3. The number of hydrogen-bond donors (Lipinski definition) is 4. The molecule has 1 aromatic carbocycles. The van der Waals surface area contributed by atoms with Crippen LogP contribution in [0.4, 0.5) is 11.5 Å². The number of aromatic nitrogens is 2. The number of hydrogen-bond acceptors (Lipinski definition) is 7. The van der Waals surface area contributed by atoms with E-state index in [4.69, 9.17) is 4.98 Å². The first-order valence-corrected chi connectivity index (χ1v) is 16.2. The Bertz CT molecular complexity index is 1500. The number of nitrogens with zero attached hydrogens (tertiary/aromatic N) is 3. The van der Waals surface area contributed by atoms with E-state index in [2.05, 4.69) is 38.7 Å². The monoisotopic (exact) mass is 600 g/mol. The summed E-state index contributed by atoms with van der Waals surface area (Å²) in [7, 11) is 2.02. The van der Waals surface area contributed by atoms with E-state index in [-0.39, 0.29) is 23.9 Å². The van der Waals surface area contributed by atoms with Gasteiger partial charge in [-0.1, -0.05) is 12.8 Å². The van der Waals surface area contributed by atoms with Crippen molar-refractivity contribution in [1.29, 1.82) is 0 Å². The zero-order valence-corrected chi connectivity index (χ0v) is 26.9. The van der Waals surface area contributed by atoms with Crippen molar-refractivity contribution in [2.24, 2.45) is 5.92 Å². The number of carbonyl (C=O) groups is 1. The smallest absolute Gasteiger partial charge is 0.252 e. The fourth-order valence-electron chi connectivity index (χ4n) is 6.84. The number of rotatable bonds is 10. The second kappa shape index (κ2) is 14.1. The molecule has 1 amide bonds. The molecule has 0 radical (unpaired) electrons. The van der Waals surface area contributed by atoms with Gasteiger partial charge >= 0.3 is 0 Å². The second-order valence-electron chi connectivity index (χ2n) is 12.5. The molecule has 3 aromatic rings. The predicted octanol–water partition coefficient (Wildman–Crippen LogP) is 4.87. The third kappa shape index (κ3) is 6.90. The lowest BCUT2D eigenvalue weighted by Gasteiger charge is -2.32. The zero-order chi connectivity index (χ0) is 31.4. The van der Waals surface area contributed by atoms with Crippen molar-refractivity contribution >= 4 is 17.4 Å².